The van der Waals surface area contributed by atoms with Gasteiger partial charge in [0.1, 0.15) is 11.5 Å². The molecule has 1 amide bonds. The Balaban J connectivity index is 1.84. The second-order valence-corrected chi connectivity index (χ2v) is 6.23. The van der Waals surface area contributed by atoms with Crippen LogP contribution in [0.1, 0.15) is 16.1 Å². The Hall–Kier alpha value is -3.26. The molecule has 2 aromatic carbocycles. The third kappa shape index (κ3) is 3.65. The molecule has 1 aromatic heterocycles. The first-order valence-corrected chi connectivity index (χ1v) is 8.52. The van der Waals surface area contributed by atoms with Gasteiger partial charge in [0, 0.05) is 7.05 Å². The molecular formula is C19H17FN4O2S. The zero-order valence-electron chi connectivity index (χ0n) is 14.7. The number of carbonyl (C=O) groups excluding carboxylic acids is 1. The number of nitrogens with zero attached hydrogens (tertiary/aromatic N) is 2. The number of halogens is 1. The van der Waals surface area contributed by atoms with Crippen molar-refractivity contribution in [2.45, 2.75) is 6.92 Å². The molecule has 0 spiro atoms. The molecule has 0 aliphatic carbocycles. The summed E-state index contributed by atoms with van der Waals surface area (Å²) in [4.78, 5) is 25.0. The fraction of sp³-hybridized carbons (Fsp3) is 0.105. The van der Waals surface area contributed by atoms with Crippen molar-refractivity contribution in [2.24, 2.45) is 7.05 Å². The minimum absolute atomic E-state index is 0.0886. The number of anilines is 1. The van der Waals surface area contributed by atoms with Gasteiger partial charge < -0.3 is 5.32 Å². The number of carbonyl (C=O) groups is 1. The number of hydrogen-bond donors (Lipinski definition) is 2. The normalized spacial score (nSPS) is 10.5. The van der Waals surface area contributed by atoms with Crippen LogP contribution in [0.3, 0.4) is 0 Å². The minimum Gasteiger partial charge on any atom is -0.326 e. The maximum atomic E-state index is 13.7. The molecule has 138 valence electrons. The van der Waals surface area contributed by atoms with E-state index in [1.54, 1.807) is 24.7 Å². The number of amides is 1. The maximum Gasteiger partial charge on any atom is 0.295 e. The van der Waals surface area contributed by atoms with Gasteiger partial charge in [-0.2, -0.15) is 0 Å². The summed E-state index contributed by atoms with van der Waals surface area (Å²) in [5.74, 6) is -1.34. The van der Waals surface area contributed by atoms with Crippen molar-refractivity contribution >= 4 is 28.9 Å². The summed E-state index contributed by atoms with van der Waals surface area (Å²) in [5.41, 5.74) is 1.12. The first-order chi connectivity index (χ1) is 12.9. The van der Waals surface area contributed by atoms with E-state index in [-0.39, 0.29) is 21.9 Å². The molecule has 0 saturated heterocycles. The van der Waals surface area contributed by atoms with Crippen molar-refractivity contribution in [3.63, 3.8) is 0 Å². The summed E-state index contributed by atoms with van der Waals surface area (Å²) >= 11 is 5.12. The Morgan fingerprint density at radius 3 is 2.37 bits per heavy atom. The van der Waals surface area contributed by atoms with Gasteiger partial charge in [-0.25, -0.2) is 9.07 Å². The van der Waals surface area contributed by atoms with Gasteiger partial charge in [-0.05, 0) is 43.4 Å². The van der Waals surface area contributed by atoms with E-state index >= 15 is 0 Å². The number of aromatic nitrogens is 2. The maximum absolute atomic E-state index is 13.7. The molecule has 0 bridgehead atoms. The summed E-state index contributed by atoms with van der Waals surface area (Å²) in [6, 6.07) is 14.7. The van der Waals surface area contributed by atoms with E-state index in [1.165, 1.54) is 22.9 Å². The van der Waals surface area contributed by atoms with Gasteiger partial charge in [0.05, 0.1) is 16.9 Å². The summed E-state index contributed by atoms with van der Waals surface area (Å²) in [5, 5.41) is 5.06. The van der Waals surface area contributed by atoms with E-state index in [2.05, 4.69) is 10.6 Å². The van der Waals surface area contributed by atoms with Gasteiger partial charge in [0.25, 0.3) is 11.5 Å². The van der Waals surface area contributed by atoms with Gasteiger partial charge >= 0.3 is 0 Å². The molecule has 1 heterocycles. The molecule has 0 unspecified atom stereocenters. The van der Waals surface area contributed by atoms with Crippen LogP contribution in [0.5, 0.6) is 0 Å². The van der Waals surface area contributed by atoms with Crippen molar-refractivity contribution in [3.05, 3.63) is 82.0 Å². The Bertz CT molecular complexity index is 1070. The molecule has 6 nitrogen and oxygen atoms in total. The van der Waals surface area contributed by atoms with Gasteiger partial charge in [-0.15, -0.1) is 0 Å². The number of benzene rings is 2. The van der Waals surface area contributed by atoms with Crippen LogP contribution in [0.15, 0.2) is 59.4 Å². The van der Waals surface area contributed by atoms with E-state index < -0.39 is 11.7 Å². The second kappa shape index (κ2) is 7.55. The lowest BCUT2D eigenvalue weighted by molar-refractivity contribution is 0.0974. The summed E-state index contributed by atoms with van der Waals surface area (Å²) in [7, 11) is 1.75. The van der Waals surface area contributed by atoms with Crippen LogP contribution in [0.2, 0.25) is 0 Å². The van der Waals surface area contributed by atoms with Crippen molar-refractivity contribution in [3.8, 4) is 5.69 Å². The Labute approximate surface area is 160 Å². The lowest BCUT2D eigenvalue weighted by Gasteiger charge is -2.09. The van der Waals surface area contributed by atoms with Crippen molar-refractivity contribution in [2.75, 3.05) is 5.32 Å². The smallest absolute Gasteiger partial charge is 0.295 e. The van der Waals surface area contributed by atoms with Crippen LogP contribution in [0, 0.1) is 12.7 Å². The monoisotopic (exact) mass is 384 g/mol. The summed E-state index contributed by atoms with van der Waals surface area (Å²) < 4.78 is 16.9. The summed E-state index contributed by atoms with van der Waals surface area (Å²) in [6.45, 7) is 1.75. The zero-order valence-corrected chi connectivity index (χ0v) is 15.5. The SMILES string of the molecule is Cc1c(NC(=S)NC(=O)c2ccccc2F)c(=O)n(-c2ccccc2)n1C. The topological polar surface area (TPSA) is 68.1 Å². The van der Waals surface area contributed by atoms with E-state index in [4.69, 9.17) is 12.2 Å². The number of hydrogen-bond acceptors (Lipinski definition) is 3. The van der Waals surface area contributed by atoms with E-state index in [0.717, 1.165) is 0 Å². The van der Waals surface area contributed by atoms with Gasteiger partial charge in [0.2, 0.25) is 0 Å². The fourth-order valence-electron chi connectivity index (χ4n) is 2.67. The van der Waals surface area contributed by atoms with Crippen LogP contribution in [0.25, 0.3) is 5.69 Å². The van der Waals surface area contributed by atoms with E-state index in [9.17, 15) is 14.0 Å². The zero-order chi connectivity index (χ0) is 19.6. The quantitative estimate of drug-likeness (QED) is 0.682. The highest BCUT2D eigenvalue weighted by atomic mass is 32.1. The van der Waals surface area contributed by atoms with E-state index in [1.807, 2.05) is 30.3 Å². The van der Waals surface area contributed by atoms with Crippen LogP contribution in [-0.2, 0) is 7.05 Å². The lowest BCUT2D eigenvalue weighted by atomic mass is 10.2. The Morgan fingerprint density at radius 2 is 1.70 bits per heavy atom. The number of nitrogens with one attached hydrogen (secondary N) is 2. The second-order valence-electron chi connectivity index (χ2n) is 5.82. The van der Waals surface area contributed by atoms with Crippen LogP contribution >= 0.6 is 12.2 Å². The highest BCUT2D eigenvalue weighted by Crippen LogP contribution is 2.14. The Morgan fingerprint density at radius 1 is 1.07 bits per heavy atom. The number of para-hydroxylation sites is 1. The number of thiocarbonyl (C=S) groups is 1. The highest BCUT2D eigenvalue weighted by molar-refractivity contribution is 7.80. The molecule has 27 heavy (non-hydrogen) atoms. The molecule has 0 saturated carbocycles. The van der Waals surface area contributed by atoms with Crippen LogP contribution < -0.4 is 16.2 Å². The average molecular weight is 384 g/mol. The first kappa shape index (κ1) is 18.5. The molecule has 8 heteroatoms. The van der Waals surface area contributed by atoms with Gasteiger partial charge in [0.15, 0.2) is 5.11 Å². The lowest BCUT2D eigenvalue weighted by Crippen LogP contribution is -2.36. The van der Waals surface area contributed by atoms with Crippen molar-refractivity contribution in [1.29, 1.82) is 0 Å². The first-order valence-electron chi connectivity index (χ1n) is 8.11. The van der Waals surface area contributed by atoms with Crippen molar-refractivity contribution < 1.29 is 9.18 Å². The fourth-order valence-corrected chi connectivity index (χ4v) is 2.87. The van der Waals surface area contributed by atoms with Gasteiger partial charge in [-0.1, -0.05) is 30.3 Å². The number of rotatable bonds is 3. The third-order valence-electron chi connectivity index (χ3n) is 4.14. The highest BCUT2D eigenvalue weighted by Gasteiger charge is 2.18. The molecule has 0 aliphatic heterocycles. The molecule has 0 atom stereocenters. The predicted octanol–water partition coefficient (Wildman–Crippen LogP) is 2.75. The molecular weight excluding hydrogens is 367 g/mol. The Kier molecular flexibility index (Phi) is 5.18. The minimum atomic E-state index is -0.692. The molecule has 3 rings (SSSR count). The molecule has 0 aliphatic rings. The third-order valence-corrected chi connectivity index (χ3v) is 4.34. The molecule has 2 N–H and O–H groups in total. The van der Waals surface area contributed by atoms with E-state index in [0.29, 0.717) is 11.4 Å². The average Bonchev–Trinajstić information content (AvgIpc) is 2.86. The molecule has 0 radical (unpaired) electrons. The largest absolute Gasteiger partial charge is 0.326 e. The standard InChI is InChI=1S/C19H17FN4O2S/c1-12-16(18(26)24(23(12)2)13-8-4-3-5-9-13)21-19(27)22-17(25)14-10-6-7-11-15(14)20/h3-11H,1-2H3,(H2,21,22,25,27). The summed E-state index contributed by atoms with van der Waals surface area (Å²) in [6.07, 6.45) is 0. The predicted molar refractivity (Wildman–Crippen MR) is 106 cm³/mol. The molecule has 3 aromatic rings. The van der Waals surface area contributed by atoms with Crippen molar-refractivity contribution in [1.82, 2.24) is 14.7 Å². The van der Waals surface area contributed by atoms with Crippen LogP contribution in [0.4, 0.5) is 10.1 Å². The van der Waals surface area contributed by atoms with Gasteiger partial charge in [-0.3, -0.25) is 19.6 Å². The van der Waals surface area contributed by atoms with Crippen LogP contribution in [-0.4, -0.2) is 20.4 Å². The molecule has 0 fully saturated rings.